The number of esters is 2. The van der Waals surface area contributed by atoms with Gasteiger partial charge >= 0.3 is 19.8 Å². The zero-order valence-corrected chi connectivity index (χ0v) is 40.2. The number of carbonyl (C=O) groups excluding carboxylic acids is 2. The summed E-state index contributed by atoms with van der Waals surface area (Å²) in [6, 6.07) is 0. The van der Waals surface area contributed by atoms with E-state index >= 15 is 0 Å². The van der Waals surface area contributed by atoms with Gasteiger partial charge in [0.15, 0.2) is 6.10 Å². The maximum atomic E-state index is 12.8. The molecule has 6 N–H and O–H groups in total. The molecular formula is C50H87O13P. The minimum absolute atomic E-state index is 0.0178. The first-order valence-electron chi connectivity index (χ1n) is 24.6. The molecule has 0 spiro atoms. The lowest BCUT2D eigenvalue weighted by molar-refractivity contribution is -0.220. The average Bonchev–Trinajstić information content (AvgIpc) is 3.28. The van der Waals surface area contributed by atoms with Gasteiger partial charge < -0.3 is 39.9 Å². The number of allylic oxidation sites excluding steroid dienone is 10. The number of carbonyl (C=O) groups is 2. The first-order valence-corrected chi connectivity index (χ1v) is 26.1. The van der Waals surface area contributed by atoms with E-state index in [0.717, 1.165) is 51.4 Å². The van der Waals surface area contributed by atoms with Gasteiger partial charge in [-0.25, -0.2) is 4.57 Å². The van der Waals surface area contributed by atoms with Crippen LogP contribution < -0.4 is 0 Å². The molecule has 0 bridgehead atoms. The largest absolute Gasteiger partial charge is 0.472 e. The predicted molar refractivity (Wildman–Crippen MR) is 253 cm³/mol. The number of hydrogen-bond acceptors (Lipinski definition) is 12. The van der Waals surface area contributed by atoms with Gasteiger partial charge in [-0.15, -0.1) is 0 Å². The second-order valence-corrected chi connectivity index (χ2v) is 18.3. The van der Waals surface area contributed by atoms with Crippen LogP contribution in [-0.2, 0) is 32.7 Å². The molecule has 0 aromatic rings. The number of phosphoric ester groups is 1. The van der Waals surface area contributed by atoms with Gasteiger partial charge in [-0.3, -0.25) is 18.6 Å². The quantitative estimate of drug-likeness (QED) is 0.0146. The number of aliphatic hydroxyl groups is 5. The molecule has 1 rings (SSSR count). The Labute approximate surface area is 385 Å². The molecule has 0 aliphatic heterocycles. The van der Waals surface area contributed by atoms with Crippen molar-refractivity contribution in [2.45, 2.75) is 230 Å². The van der Waals surface area contributed by atoms with Crippen LogP contribution >= 0.6 is 7.82 Å². The highest BCUT2D eigenvalue weighted by Crippen LogP contribution is 2.47. The smallest absolute Gasteiger partial charge is 0.462 e. The Hall–Kier alpha value is -2.45. The van der Waals surface area contributed by atoms with E-state index in [1.54, 1.807) is 0 Å². The van der Waals surface area contributed by atoms with Crippen molar-refractivity contribution in [1.82, 2.24) is 0 Å². The molecule has 0 aromatic carbocycles. The molecule has 14 heteroatoms. The van der Waals surface area contributed by atoms with Gasteiger partial charge in [0.25, 0.3) is 0 Å². The van der Waals surface area contributed by atoms with Crippen molar-refractivity contribution in [2.24, 2.45) is 0 Å². The molecule has 1 saturated carbocycles. The topological polar surface area (TPSA) is 210 Å². The highest BCUT2D eigenvalue weighted by molar-refractivity contribution is 7.47. The van der Waals surface area contributed by atoms with Crippen molar-refractivity contribution in [1.29, 1.82) is 0 Å². The standard InChI is InChI=1S/C50H87O13P/c1-3-5-7-9-11-13-15-17-19-21-23-24-26-28-30-32-34-36-38-43(51)60-40-42(41-61-64(58,59)63-50-48(56)46(54)45(53)47(55)49(50)57)62-44(52)39-37-35-33-31-29-27-25-22-20-18-16-14-12-10-8-6-4-2/h6,8,12,14,18,20,25,27,31,33,42,45-50,53-57H,3-5,7,9-11,13,15-17,19,21-24,26,28-30,32,34-41H2,1-2H3,(H,58,59)/b8-6+,14-12+,20-18+,27-25+,33-31+/t42-,45?,46-,47?,48?,49?,50?/m0/s1. The third-order valence-electron chi connectivity index (χ3n) is 11.1. The molecule has 0 radical (unpaired) electrons. The number of ether oxygens (including phenoxy) is 2. The monoisotopic (exact) mass is 927 g/mol. The Bertz CT molecular complexity index is 1350. The molecule has 1 aliphatic carbocycles. The molecular weight excluding hydrogens is 840 g/mol. The van der Waals surface area contributed by atoms with Crippen LogP contribution in [0.15, 0.2) is 60.8 Å². The molecule has 1 fully saturated rings. The first-order chi connectivity index (χ1) is 30.9. The lowest BCUT2D eigenvalue weighted by Crippen LogP contribution is -2.64. The number of aliphatic hydroxyl groups excluding tert-OH is 5. The molecule has 0 aromatic heterocycles. The van der Waals surface area contributed by atoms with Crippen LogP contribution in [0, 0.1) is 0 Å². The van der Waals surface area contributed by atoms with E-state index in [1.807, 2.05) is 12.2 Å². The Morgan fingerprint density at radius 3 is 1.34 bits per heavy atom. The Morgan fingerprint density at radius 2 is 0.891 bits per heavy atom. The van der Waals surface area contributed by atoms with E-state index in [1.165, 1.54) is 89.9 Å². The minimum atomic E-state index is -5.14. The van der Waals surface area contributed by atoms with Crippen LogP contribution in [0.5, 0.6) is 0 Å². The van der Waals surface area contributed by atoms with E-state index in [2.05, 4.69) is 62.5 Å². The van der Waals surface area contributed by atoms with Crippen LogP contribution in [0.25, 0.3) is 0 Å². The summed E-state index contributed by atoms with van der Waals surface area (Å²) in [4.78, 5) is 35.7. The lowest BCUT2D eigenvalue weighted by atomic mass is 9.85. The summed E-state index contributed by atoms with van der Waals surface area (Å²) in [5.74, 6) is -1.16. The summed E-state index contributed by atoms with van der Waals surface area (Å²) in [6.07, 6.45) is 35.6. The molecule has 0 saturated heterocycles. The predicted octanol–water partition coefficient (Wildman–Crippen LogP) is 10.1. The molecule has 13 nitrogen and oxygen atoms in total. The van der Waals surface area contributed by atoms with E-state index in [-0.39, 0.29) is 12.8 Å². The van der Waals surface area contributed by atoms with Crippen molar-refractivity contribution < 1.29 is 63.1 Å². The van der Waals surface area contributed by atoms with Gasteiger partial charge in [-0.05, 0) is 51.4 Å². The zero-order chi connectivity index (χ0) is 47.1. The molecule has 0 heterocycles. The highest BCUT2D eigenvalue weighted by Gasteiger charge is 2.51. The number of unbranched alkanes of at least 4 members (excludes halogenated alkanes) is 18. The Morgan fingerprint density at radius 1 is 0.500 bits per heavy atom. The molecule has 0 amide bonds. The van der Waals surface area contributed by atoms with E-state index in [0.29, 0.717) is 19.3 Å². The third-order valence-corrected chi connectivity index (χ3v) is 12.1. The highest BCUT2D eigenvalue weighted by atomic mass is 31.2. The fraction of sp³-hybridized carbons (Fsp3) is 0.760. The number of phosphoric acid groups is 1. The van der Waals surface area contributed by atoms with Crippen LogP contribution in [0.3, 0.4) is 0 Å². The summed E-state index contributed by atoms with van der Waals surface area (Å²) in [5.41, 5.74) is 0. The fourth-order valence-electron chi connectivity index (χ4n) is 7.21. The third kappa shape index (κ3) is 31.5. The van der Waals surface area contributed by atoms with Gasteiger partial charge in [0, 0.05) is 12.8 Å². The summed E-state index contributed by atoms with van der Waals surface area (Å²) in [6.45, 7) is 3.15. The number of rotatable bonds is 40. The lowest BCUT2D eigenvalue weighted by Gasteiger charge is -2.41. The van der Waals surface area contributed by atoms with Crippen LogP contribution in [0.1, 0.15) is 187 Å². The van der Waals surface area contributed by atoms with Gasteiger partial charge in [-0.1, -0.05) is 184 Å². The van der Waals surface area contributed by atoms with Crippen molar-refractivity contribution in [3.63, 3.8) is 0 Å². The summed E-state index contributed by atoms with van der Waals surface area (Å²) in [5, 5.41) is 50.2. The van der Waals surface area contributed by atoms with E-state index in [4.69, 9.17) is 18.5 Å². The fourth-order valence-corrected chi connectivity index (χ4v) is 8.18. The Balaban J connectivity index is 2.46. The summed E-state index contributed by atoms with van der Waals surface area (Å²) < 4.78 is 33.5. The second-order valence-electron chi connectivity index (χ2n) is 16.9. The molecule has 1 aliphatic rings. The molecule has 370 valence electrons. The van der Waals surface area contributed by atoms with Gasteiger partial charge in [0.1, 0.15) is 43.2 Å². The van der Waals surface area contributed by atoms with Crippen molar-refractivity contribution in [2.75, 3.05) is 13.2 Å². The minimum Gasteiger partial charge on any atom is -0.462 e. The first kappa shape index (κ1) is 59.6. The van der Waals surface area contributed by atoms with Crippen molar-refractivity contribution in [3.05, 3.63) is 60.8 Å². The van der Waals surface area contributed by atoms with Gasteiger partial charge in [-0.2, -0.15) is 0 Å². The van der Waals surface area contributed by atoms with E-state index < -0.39 is 75.7 Å². The zero-order valence-electron chi connectivity index (χ0n) is 39.3. The van der Waals surface area contributed by atoms with Gasteiger partial charge in [0.05, 0.1) is 6.61 Å². The van der Waals surface area contributed by atoms with Crippen molar-refractivity contribution in [3.8, 4) is 0 Å². The van der Waals surface area contributed by atoms with E-state index in [9.17, 15) is 44.6 Å². The SMILES string of the molecule is CC/C=C/C/C=C/C/C=C/C/C=C/C/C=C/CCCC(=O)O[C@@H](COC(=O)CCCCCCCCCCCCCCCCCCCC)COP(=O)(O)OC1C(O)C(O)C(O)[C@H](O)C1O. The number of hydrogen-bond donors (Lipinski definition) is 6. The Kier molecular flexibility index (Phi) is 36.9. The average molecular weight is 927 g/mol. The second kappa shape index (κ2) is 39.7. The van der Waals surface area contributed by atoms with Crippen LogP contribution in [-0.4, -0.2) is 98.3 Å². The normalized spacial score (nSPS) is 22.1. The maximum Gasteiger partial charge on any atom is 0.472 e. The summed E-state index contributed by atoms with van der Waals surface area (Å²) in [7, 11) is -5.14. The molecule has 6 unspecified atom stereocenters. The van der Waals surface area contributed by atoms with Gasteiger partial charge in [0.2, 0.25) is 0 Å². The summed E-state index contributed by atoms with van der Waals surface area (Å²) >= 11 is 0. The van der Waals surface area contributed by atoms with Crippen molar-refractivity contribution >= 4 is 19.8 Å². The van der Waals surface area contributed by atoms with Crippen LogP contribution in [0.2, 0.25) is 0 Å². The molecule has 64 heavy (non-hydrogen) atoms. The van der Waals surface area contributed by atoms with Crippen LogP contribution in [0.4, 0.5) is 0 Å². The maximum absolute atomic E-state index is 12.8. The molecule has 8 atom stereocenters.